The summed E-state index contributed by atoms with van der Waals surface area (Å²) in [6.45, 7) is 31.4. The van der Waals surface area contributed by atoms with E-state index in [0.717, 1.165) is 9.80 Å². The number of rotatable bonds is 16. The molecule has 1 aliphatic rings. The van der Waals surface area contributed by atoms with E-state index in [9.17, 15) is 48.3 Å². The van der Waals surface area contributed by atoms with Gasteiger partial charge in [-0.05, 0) is 94.8 Å². The van der Waals surface area contributed by atoms with Crippen LogP contribution < -0.4 is 21.3 Å². The summed E-state index contributed by atoms with van der Waals surface area (Å²) < 4.78 is 0. The molecule has 0 radical (unpaired) electrons. The molecule has 1 saturated heterocycles. The van der Waals surface area contributed by atoms with Crippen molar-refractivity contribution in [1.82, 2.24) is 55.6 Å². The fraction of sp³-hybridized carbons (Fsp3) is 0.762. The first-order chi connectivity index (χ1) is 39.7. The van der Waals surface area contributed by atoms with Crippen molar-refractivity contribution in [2.24, 2.45) is 41.4 Å². The molecule has 0 aromatic rings. The molecule has 1 aliphatic heterocycles. The van der Waals surface area contributed by atoms with Crippen LogP contribution in [0.3, 0.4) is 0 Å². The number of hydrogen-bond acceptors (Lipinski definition) is 12. The number of aliphatic hydroxyl groups is 1. The van der Waals surface area contributed by atoms with Gasteiger partial charge in [0.15, 0.2) is 0 Å². The van der Waals surface area contributed by atoms with E-state index in [1.165, 1.54) is 93.8 Å². The topological polar surface area (TPSA) is 279 Å². The van der Waals surface area contributed by atoms with Crippen LogP contribution in [0.4, 0.5) is 0 Å². The van der Waals surface area contributed by atoms with E-state index < -0.39 is 156 Å². The number of nitrogens with zero attached hydrogens (tertiary/aromatic N) is 7. The Morgan fingerprint density at radius 3 is 1.37 bits per heavy atom. The largest absolute Gasteiger partial charge is 0.390 e. The molecule has 23 heteroatoms. The highest BCUT2D eigenvalue weighted by Crippen LogP contribution is 2.26. The third kappa shape index (κ3) is 21.5. The number of amides is 11. The van der Waals surface area contributed by atoms with Crippen LogP contribution in [0, 0.1) is 41.4 Å². The predicted molar refractivity (Wildman–Crippen MR) is 333 cm³/mol. The first kappa shape index (κ1) is 77.6. The lowest BCUT2D eigenvalue weighted by Crippen LogP contribution is -2.63. The van der Waals surface area contributed by atoms with Gasteiger partial charge in [0.25, 0.3) is 0 Å². The maximum absolute atomic E-state index is 15.2. The zero-order valence-electron chi connectivity index (χ0n) is 56.3. The summed E-state index contributed by atoms with van der Waals surface area (Å²) in [4.78, 5) is 169. The van der Waals surface area contributed by atoms with Gasteiger partial charge >= 0.3 is 0 Å². The van der Waals surface area contributed by atoms with Crippen molar-refractivity contribution in [1.29, 1.82) is 0 Å². The van der Waals surface area contributed by atoms with Crippen LogP contribution in [0.2, 0.25) is 0 Å². The molecular weight excluding hydrogens is 1100 g/mol. The van der Waals surface area contributed by atoms with Crippen LogP contribution in [0.15, 0.2) is 24.8 Å². The van der Waals surface area contributed by atoms with Crippen molar-refractivity contribution in [3.05, 3.63) is 24.8 Å². The van der Waals surface area contributed by atoms with Crippen molar-refractivity contribution in [3.63, 3.8) is 0 Å². The highest BCUT2D eigenvalue weighted by atomic mass is 16.3. The number of hydrogen-bond donors (Lipinski definition) is 5. The second-order valence-electron chi connectivity index (χ2n) is 25.9. The summed E-state index contributed by atoms with van der Waals surface area (Å²) >= 11 is 0. The fourth-order valence-corrected chi connectivity index (χ4v) is 10.7. The summed E-state index contributed by atoms with van der Waals surface area (Å²) in [5.41, 5.74) is 0. The Balaban J connectivity index is 4.36. The molecule has 11 amide bonds. The zero-order valence-corrected chi connectivity index (χ0v) is 56.3. The van der Waals surface area contributed by atoms with Crippen molar-refractivity contribution < 1.29 is 57.8 Å². The van der Waals surface area contributed by atoms with Gasteiger partial charge in [0.2, 0.25) is 65.0 Å². The lowest BCUT2D eigenvalue weighted by molar-refractivity contribution is -0.157. The van der Waals surface area contributed by atoms with Gasteiger partial charge in [0.1, 0.15) is 60.4 Å². The summed E-state index contributed by atoms with van der Waals surface area (Å²) in [6, 6.07) is -12.6. The van der Waals surface area contributed by atoms with Gasteiger partial charge in [0, 0.05) is 55.3 Å². The monoisotopic (exact) mass is 1210 g/mol. The van der Waals surface area contributed by atoms with Crippen LogP contribution in [0.1, 0.15) is 149 Å². The lowest BCUT2D eigenvalue weighted by Gasteiger charge is -2.41. The van der Waals surface area contributed by atoms with Gasteiger partial charge in [-0.1, -0.05) is 108 Å². The van der Waals surface area contributed by atoms with Crippen molar-refractivity contribution >= 4 is 65.0 Å². The van der Waals surface area contributed by atoms with Crippen LogP contribution >= 0.6 is 0 Å². The van der Waals surface area contributed by atoms with Gasteiger partial charge < -0.3 is 60.7 Å². The summed E-state index contributed by atoms with van der Waals surface area (Å²) in [6.07, 6.45) is 4.40. The van der Waals surface area contributed by atoms with E-state index in [-0.39, 0.29) is 55.8 Å². The van der Waals surface area contributed by atoms with Gasteiger partial charge in [-0.15, -0.1) is 6.58 Å². The molecule has 1 heterocycles. The van der Waals surface area contributed by atoms with Crippen LogP contribution in [0.25, 0.3) is 0 Å². The van der Waals surface area contributed by atoms with E-state index in [1.54, 1.807) is 53.7 Å². The zero-order chi connectivity index (χ0) is 66.7. The van der Waals surface area contributed by atoms with E-state index >= 15 is 9.59 Å². The molecule has 0 aliphatic carbocycles. The summed E-state index contributed by atoms with van der Waals surface area (Å²) in [5, 5.41) is 23.1. The fourth-order valence-electron chi connectivity index (χ4n) is 10.7. The maximum Gasteiger partial charge on any atom is 0.246 e. The quantitative estimate of drug-likeness (QED) is 0.139. The molecule has 86 heavy (non-hydrogen) atoms. The molecule has 1 rings (SSSR count). The Labute approximate surface area is 514 Å². The number of aliphatic hydroxyl groups excluding tert-OH is 1. The second kappa shape index (κ2) is 35.4. The van der Waals surface area contributed by atoms with E-state index in [4.69, 9.17) is 0 Å². The first-order valence-corrected chi connectivity index (χ1v) is 30.7. The van der Waals surface area contributed by atoms with Crippen molar-refractivity contribution in [2.45, 2.75) is 216 Å². The van der Waals surface area contributed by atoms with E-state index in [1.807, 2.05) is 55.4 Å². The summed E-state index contributed by atoms with van der Waals surface area (Å²) in [5.74, 6) is -10.1. The average molecular weight is 1210 g/mol. The van der Waals surface area contributed by atoms with E-state index in [0.29, 0.717) is 6.42 Å². The average Bonchev–Trinajstić information content (AvgIpc) is 1.57. The minimum Gasteiger partial charge on any atom is -0.390 e. The molecule has 5 N–H and O–H groups in total. The Morgan fingerprint density at radius 1 is 0.500 bits per heavy atom. The number of carbonyl (C=O) groups excluding carboxylic acids is 11. The smallest absolute Gasteiger partial charge is 0.246 e. The molecule has 23 nitrogen and oxygen atoms in total. The van der Waals surface area contributed by atoms with Crippen LogP contribution in [-0.4, -0.2) is 227 Å². The standard InChI is InChI=1S/C63H111N11O12/c1-25-28-29-41(15)53(76)52-57(80)66-44(27-3)59(82)68(18)34-49(75)69(19)45(30-35(4)5)56(79)67-50(39(12)13)62(85)70(20)46(31-36(6)7)55(78)64-42(16)54(77)65-43(17)58(81)71(21)47(32-37(8)9)60(83)72(22)48(33-38(10)11)61(84)73(23)51(40(14)26-2)63(86)74(52)24/h25-26,28,35-48,50-53,76H,2,27,29-34H2,1,3-24H3,(H,64,78)(H,65,77)(H,66,80)(H,67,79)/b28-25+/t40?,41-,42?,43-,44?,45-,46-,47+,48+,50-,51?,52?,53-/m1/s1. The minimum absolute atomic E-state index is 0.0105. The molecule has 0 bridgehead atoms. The van der Waals surface area contributed by atoms with Crippen molar-refractivity contribution in [2.75, 3.05) is 55.9 Å². The Morgan fingerprint density at radius 2 is 0.919 bits per heavy atom. The molecule has 1 fully saturated rings. The van der Waals surface area contributed by atoms with Crippen LogP contribution in [0.5, 0.6) is 0 Å². The Kier molecular flexibility index (Phi) is 32.0. The maximum atomic E-state index is 15.2. The predicted octanol–water partition coefficient (Wildman–Crippen LogP) is 3.44. The highest BCUT2D eigenvalue weighted by molar-refractivity contribution is 5.99. The molecule has 0 aromatic heterocycles. The van der Waals surface area contributed by atoms with Gasteiger partial charge in [-0.3, -0.25) is 52.7 Å². The number of allylic oxidation sites excluding steroid dienone is 2. The van der Waals surface area contributed by atoms with E-state index in [2.05, 4.69) is 27.8 Å². The number of nitrogens with one attached hydrogen (secondary N) is 4. The summed E-state index contributed by atoms with van der Waals surface area (Å²) in [7, 11) is 9.84. The lowest BCUT2D eigenvalue weighted by atomic mass is 9.91. The minimum atomic E-state index is -1.64. The molecule has 0 saturated carbocycles. The normalized spacial score (nSPS) is 27.0. The third-order valence-corrected chi connectivity index (χ3v) is 16.3. The SMILES string of the molecule is C=CC(C)C1C(=O)N(C)C([C@H](O)[C@H](C)C/C=C/C)C(=O)NC(CC)C(=O)N(C)CC(=O)N(C)[C@H](CC(C)C)C(=O)N[C@H](C(C)C)C(=O)N(C)[C@H](CC(C)C)C(=O)NC(C)C(=O)N[C@H](C)C(=O)N(C)[C@@H](CC(C)C)C(=O)N(C)[C@@H](CC(C)C)C(=O)N1C. The third-order valence-electron chi connectivity index (χ3n) is 16.3. The number of carbonyl (C=O) groups is 11. The highest BCUT2D eigenvalue weighted by Gasteiger charge is 2.46. The van der Waals surface area contributed by atoms with Crippen molar-refractivity contribution in [3.8, 4) is 0 Å². The first-order valence-electron chi connectivity index (χ1n) is 30.7. The Bertz CT molecular complexity index is 2380. The molecule has 490 valence electrons. The second-order valence-corrected chi connectivity index (χ2v) is 25.9. The van der Waals surface area contributed by atoms with Gasteiger partial charge in [-0.25, -0.2) is 0 Å². The molecule has 5 unspecified atom stereocenters. The number of likely N-dealkylation sites (N-methyl/N-ethyl adjacent to an activating group) is 7. The molecule has 0 spiro atoms. The Hall–Kier alpha value is -6.39. The van der Waals surface area contributed by atoms with Crippen LogP contribution in [-0.2, 0) is 52.7 Å². The van der Waals surface area contributed by atoms with Gasteiger partial charge in [0.05, 0.1) is 12.6 Å². The molecular formula is C63H111N11O12. The molecule has 13 atom stereocenters. The molecule has 0 aromatic carbocycles. The van der Waals surface area contributed by atoms with Gasteiger partial charge in [-0.2, -0.15) is 0 Å².